The van der Waals surface area contributed by atoms with Gasteiger partial charge in [-0.05, 0) is 30.2 Å². The molecule has 0 N–H and O–H groups in total. The normalized spacial score (nSPS) is 11.3. The highest BCUT2D eigenvalue weighted by Crippen LogP contribution is 2.35. The number of benzene rings is 2. The Hall–Kier alpha value is -3.25. The van der Waals surface area contributed by atoms with Gasteiger partial charge in [-0.3, -0.25) is 4.79 Å². The molecule has 0 fully saturated rings. The zero-order valence-corrected chi connectivity index (χ0v) is 15.7. The number of hydrogen-bond acceptors (Lipinski definition) is 5. The predicted molar refractivity (Wildman–Crippen MR) is 110 cm³/mol. The Morgan fingerprint density at radius 3 is 2.74 bits per heavy atom. The van der Waals surface area contributed by atoms with E-state index in [1.54, 1.807) is 13.3 Å². The first-order chi connectivity index (χ1) is 13.2. The Kier molecular flexibility index (Phi) is 4.56. The van der Waals surface area contributed by atoms with Crippen molar-refractivity contribution in [1.82, 2.24) is 9.66 Å². The molecule has 4 rings (SSSR count). The van der Waals surface area contributed by atoms with Crippen molar-refractivity contribution >= 4 is 27.8 Å². The van der Waals surface area contributed by atoms with Gasteiger partial charge >= 0.3 is 0 Å². The third kappa shape index (κ3) is 3.27. The van der Waals surface area contributed by atoms with Gasteiger partial charge in [-0.15, -0.1) is 11.3 Å². The minimum atomic E-state index is -0.178. The van der Waals surface area contributed by atoms with Gasteiger partial charge < -0.3 is 4.74 Å². The fourth-order valence-electron chi connectivity index (χ4n) is 2.98. The van der Waals surface area contributed by atoms with Crippen molar-refractivity contribution in [3.63, 3.8) is 0 Å². The van der Waals surface area contributed by atoms with E-state index in [1.165, 1.54) is 22.3 Å². The minimum absolute atomic E-state index is 0.178. The lowest BCUT2D eigenvalue weighted by Crippen LogP contribution is -2.16. The molecule has 0 saturated heterocycles. The van der Waals surface area contributed by atoms with Gasteiger partial charge in [0.2, 0.25) is 0 Å². The molecule has 0 aliphatic heterocycles. The van der Waals surface area contributed by atoms with E-state index in [1.807, 2.05) is 61.5 Å². The maximum atomic E-state index is 13.1. The summed E-state index contributed by atoms with van der Waals surface area (Å²) >= 11 is 1.52. The fourth-order valence-corrected chi connectivity index (χ4v) is 3.98. The molecule has 27 heavy (non-hydrogen) atoms. The third-order valence-electron chi connectivity index (χ3n) is 4.26. The van der Waals surface area contributed by atoms with Crippen LogP contribution in [0.15, 0.2) is 70.8 Å². The number of rotatable bonds is 4. The first-order valence-corrected chi connectivity index (χ1v) is 9.23. The zero-order valence-electron chi connectivity index (χ0n) is 14.9. The first-order valence-electron chi connectivity index (χ1n) is 8.42. The average molecular weight is 375 g/mol. The van der Waals surface area contributed by atoms with Crippen molar-refractivity contribution in [2.24, 2.45) is 5.10 Å². The van der Waals surface area contributed by atoms with Gasteiger partial charge in [0.1, 0.15) is 16.9 Å². The first kappa shape index (κ1) is 17.2. The van der Waals surface area contributed by atoms with Gasteiger partial charge in [0.05, 0.1) is 18.7 Å². The van der Waals surface area contributed by atoms with Crippen LogP contribution in [0.3, 0.4) is 0 Å². The van der Waals surface area contributed by atoms with Gasteiger partial charge in [0.15, 0.2) is 0 Å². The molecule has 0 atom stereocenters. The van der Waals surface area contributed by atoms with E-state index in [0.29, 0.717) is 5.39 Å². The summed E-state index contributed by atoms with van der Waals surface area (Å²) in [5.41, 5.74) is 2.60. The molecule has 2 aromatic heterocycles. The molecule has 134 valence electrons. The molecule has 0 spiro atoms. The Balaban J connectivity index is 1.82. The lowest BCUT2D eigenvalue weighted by atomic mass is 10.0. The fraction of sp³-hybridized carbons (Fsp3) is 0.0952. The highest BCUT2D eigenvalue weighted by atomic mass is 32.1. The van der Waals surface area contributed by atoms with Gasteiger partial charge in [0, 0.05) is 10.4 Å². The van der Waals surface area contributed by atoms with Crippen molar-refractivity contribution in [3.8, 4) is 16.9 Å². The van der Waals surface area contributed by atoms with Crippen LogP contribution in [0.25, 0.3) is 21.3 Å². The number of methoxy groups -OCH3 is 1. The van der Waals surface area contributed by atoms with E-state index in [-0.39, 0.29) is 5.56 Å². The summed E-state index contributed by atoms with van der Waals surface area (Å²) in [6.07, 6.45) is 3.09. The van der Waals surface area contributed by atoms with E-state index < -0.39 is 0 Å². The zero-order chi connectivity index (χ0) is 18.8. The van der Waals surface area contributed by atoms with Crippen LogP contribution in [0.4, 0.5) is 0 Å². The Bertz CT molecular complexity index is 1190. The van der Waals surface area contributed by atoms with Gasteiger partial charge in [-0.2, -0.15) is 9.78 Å². The molecule has 2 aromatic carbocycles. The molecule has 0 unspecified atom stereocenters. The van der Waals surface area contributed by atoms with Crippen LogP contribution in [-0.4, -0.2) is 23.0 Å². The molecular weight excluding hydrogens is 358 g/mol. The summed E-state index contributed by atoms with van der Waals surface area (Å²) in [6, 6.07) is 17.4. The van der Waals surface area contributed by atoms with Gasteiger partial charge in [-0.25, -0.2) is 4.98 Å². The van der Waals surface area contributed by atoms with Crippen LogP contribution < -0.4 is 10.3 Å². The number of fused-ring (bicyclic) bond motifs is 1. The van der Waals surface area contributed by atoms with Crippen molar-refractivity contribution < 1.29 is 4.74 Å². The topological polar surface area (TPSA) is 56.5 Å². The molecule has 0 amide bonds. The second-order valence-electron chi connectivity index (χ2n) is 5.99. The lowest BCUT2D eigenvalue weighted by Gasteiger charge is -2.03. The number of thiophene rings is 1. The summed E-state index contributed by atoms with van der Waals surface area (Å²) < 4.78 is 6.49. The number of hydrogen-bond donors (Lipinski definition) is 0. The lowest BCUT2D eigenvalue weighted by molar-refractivity contribution is 0.414. The highest BCUT2D eigenvalue weighted by Gasteiger charge is 2.16. The van der Waals surface area contributed by atoms with E-state index in [0.717, 1.165) is 32.1 Å². The predicted octanol–water partition coefficient (Wildman–Crippen LogP) is 4.32. The van der Waals surface area contributed by atoms with Crippen LogP contribution in [0.1, 0.15) is 10.4 Å². The molecule has 0 aliphatic carbocycles. The smallest absolute Gasteiger partial charge is 0.283 e. The van der Waals surface area contributed by atoms with Crippen LogP contribution in [-0.2, 0) is 0 Å². The molecule has 0 aliphatic rings. The van der Waals surface area contributed by atoms with E-state index in [2.05, 4.69) is 10.1 Å². The standard InChI is InChI=1S/C21H17N3O2S/c1-14-18(16-8-4-3-5-9-16)19-20(27-14)22-13-24(21(19)25)23-12-15-7-6-10-17(11-15)26-2/h3-13H,1-2H3/b23-12-. The van der Waals surface area contributed by atoms with Crippen LogP contribution in [0, 0.1) is 6.92 Å². The van der Waals surface area contributed by atoms with Crippen LogP contribution in [0.5, 0.6) is 5.75 Å². The van der Waals surface area contributed by atoms with Crippen molar-refractivity contribution in [2.45, 2.75) is 6.92 Å². The second kappa shape index (κ2) is 7.17. The van der Waals surface area contributed by atoms with Crippen LogP contribution in [0.2, 0.25) is 0 Å². The molecule has 6 heteroatoms. The largest absolute Gasteiger partial charge is 0.497 e. The number of ether oxygens (including phenoxy) is 1. The molecule has 2 heterocycles. The van der Waals surface area contributed by atoms with Gasteiger partial charge in [-0.1, -0.05) is 42.5 Å². The number of aromatic nitrogens is 2. The van der Waals surface area contributed by atoms with Crippen molar-refractivity contribution in [3.05, 3.63) is 81.7 Å². The molecule has 4 aromatic rings. The molecule has 5 nitrogen and oxygen atoms in total. The quantitative estimate of drug-likeness (QED) is 0.499. The second-order valence-corrected chi connectivity index (χ2v) is 7.20. The monoisotopic (exact) mass is 375 g/mol. The molecule has 0 bridgehead atoms. The maximum absolute atomic E-state index is 13.1. The third-order valence-corrected chi connectivity index (χ3v) is 5.27. The van der Waals surface area contributed by atoms with Crippen molar-refractivity contribution in [2.75, 3.05) is 7.11 Å². The average Bonchev–Trinajstić information content (AvgIpc) is 3.05. The highest BCUT2D eigenvalue weighted by molar-refractivity contribution is 7.19. The molecule has 0 saturated carbocycles. The van der Waals surface area contributed by atoms with E-state index in [9.17, 15) is 4.79 Å². The minimum Gasteiger partial charge on any atom is -0.497 e. The molecular formula is C21H17N3O2S. The summed E-state index contributed by atoms with van der Waals surface area (Å²) in [5, 5.41) is 4.92. The summed E-state index contributed by atoms with van der Waals surface area (Å²) in [5.74, 6) is 0.736. The summed E-state index contributed by atoms with van der Waals surface area (Å²) in [7, 11) is 1.61. The summed E-state index contributed by atoms with van der Waals surface area (Å²) in [4.78, 5) is 19.3. The van der Waals surface area contributed by atoms with E-state index >= 15 is 0 Å². The Labute approximate surface area is 160 Å². The maximum Gasteiger partial charge on any atom is 0.283 e. The SMILES string of the molecule is COc1cccc(/C=N\n2cnc3sc(C)c(-c4ccccc4)c3c2=O)c1. The number of nitrogens with zero attached hydrogens (tertiary/aromatic N) is 3. The number of aryl methyl sites for hydroxylation is 1. The Morgan fingerprint density at radius 2 is 1.96 bits per heavy atom. The Morgan fingerprint density at radius 1 is 1.15 bits per heavy atom. The van der Waals surface area contributed by atoms with Crippen molar-refractivity contribution in [1.29, 1.82) is 0 Å². The van der Waals surface area contributed by atoms with Gasteiger partial charge in [0.25, 0.3) is 5.56 Å². The summed E-state index contributed by atoms with van der Waals surface area (Å²) in [6.45, 7) is 2.01. The van der Waals surface area contributed by atoms with E-state index in [4.69, 9.17) is 4.74 Å². The van der Waals surface area contributed by atoms with Crippen LogP contribution >= 0.6 is 11.3 Å². The molecule has 0 radical (unpaired) electrons.